The van der Waals surface area contributed by atoms with Crippen LogP contribution in [0.3, 0.4) is 0 Å². The first-order valence-electron chi connectivity index (χ1n) is 11.8. The molecule has 1 aliphatic heterocycles. The van der Waals surface area contributed by atoms with E-state index in [9.17, 15) is 27.6 Å². The van der Waals surface area contributed by atoms with Crippen molar-refractivity contribution in [3.8, 4) is 11.3 Å². The van der Waals surface area contributed by atoms with Crippen LogP contribution in [0.5, 0.6) is 0 Å². The highest BCUT2D eigenvalue weighted by Crippen LogP contribution is 2.28. The van der Waals surface area contributed by atoms with Crippen LogP contribution in [-0.4, -0.2) is 68.2 Å². The molecule has 39 heavy (non-hydrogen) atoms. The number of carbonyl (C=O) groups excluding carboxylic acids is 1. The molecule has 0 saturated carbocycles. The molecule has 5 N–H and O–H groups in total. The number of nitrogens with zero attached hydrogens (tertiary/aromatic N) is 2. The summed E-state index contributed by atoms with van der Waals surface area (Å²) in [4.78, 5) is 32.2. The molecule has 208 valence electrons. The third-order valence-corrected chi connectivity index (χ3v) is 6.15. The van der Waals surface area contributed by atoms with Gasteiger partial charge < -0.3 is 26.0 Å². The van der Waals surface area contributed by atoms with Crippen molar-refractivity contribution in [3.63, 3.8) is 0 Å². The number of rotatable bonds is 7. The summed E-state index contributed by atoms with van der Waals surface area (Å²) in [6.45, 7) is 1.13. The second kappa shape index (κ2) is 13.0. The van der Waals surface area contributed by atoms with Gasteiger partial charge >= 0.3 is 11.9 Å². The molecule has 2 heterocycles. The quantitative estimate of drug-likeness (QED) is 0.301. The minimum Gasteiger partial charge on any atom is -0.481 e. The highest BCUT2D eigenvalue weighted by atomic mass is 19.2. The van der Waals surface area contributed by atoms with Gasteiger partial charge in [-0.2, -0.15) is 5.10 Å². The zero-order chi connectivity index (χ0) is 28.7. The first-order valence-corrected chi connectivity index (χ1v) is 11.8. The zero-order valence-corrected chi connectivity index (χ0v) is 20.8. The molecular weight excluding hydrogens is 521 g/mol. The number of hydrogen-bond donors (Lipinski definition) is 5. The van der Waals surface area contributed by atoms with Crippen molar-refractivity contribution in [2.75, 3.05) is 13.1 Å². The van der Waals surface area contributed by atoms with Crippen molar-refractivity contribution < 1.29 is 42.9 Å². The van der Waals surface area contributed by atoms with Crippen LogP contribution in [0.25, 0.3) is 11.3 Å². The molecule has 1 aliphatic rings. The Kier molecular flexibility index (Phi) is 9.79. The van der Waals surface area contributed by atoms with Crippen molar-refractivity contribution in [3.05, 3.63) is 77.2 Å². The largest absolute Gasteiger partial charge is 0.481 e. The van der Waals surface area contributed by atoms with Crippen molar-refractivity contribution in [1.82, 2.24) is 20.4 Å². The van der Waals surface area contributed by atoms with Crippen LogP contribution in [0.1, 0.15) is 34.7 Å². The average Bonchev–Trinajstić information content (AvgIpc) is 3.31. The maximum absolute atomic E-state index is 14.7. The summed E-state index contributed by atoms with van der Waals surface area (Å²) in [7, 11) is 1.75. The van der Waals surface area contributed by atoms with Crippen LogP contribution in [0.4, 0.5) is 13.2 Å². The van der Waals surface area contributed by atoms with E-state index in [-0.39, 0.29) is 17.5 Å². The third-order valence-electron chi connectivity index (χ3n) is 6.15. The number of carboxylic acid groups (broad SMARTS) is 2. The van der Waals surface area contributed by atoms with Crippen LogP contribution in [0.2, 0.25) is 0 Å². The summed E-state index contributed by atoms with van der Waals surface area (Å²) in [6.07, 6.45) is -0.294. The molecule has 10 nitrogen and oxygen atoms in total. The Morgan fingerprint density at radius 3 is 2.38 bits per heavy atom. The minimum absolute atomic E-state index is 0.0736. The Hall–Kier alpha value is -4.23. The maximum atomic E-state index is 14.7. The molecule has 3 aromatic rings. The van der Waals surface area contributed by atoms with Crippen molar-refractivity contribution in [1.29, 1.82) is 0 Å². The summed E-state index contributed by atoms with van der Waals surface area (Å²) >= 11 is 0. The first-order chi connectivity index (χ1) is 18.5. The van der Waals surface area contributed by atoms with E-state index in [0.717, 1.165) is 17.8 Å². The molecular formula is C26H27F3N4O6. The number of carboxylic acids is 2. The van der Waals surface area contributed by atoms with Crippen molar-refractivity contribution in [2.24, 2.45) is 7.05 Å². The lowest BCUT2D eigenvalue weighted by atomic mass is 9.85. The van der Waals surface area contributed by atoms with Gasteiger partial charge in [0.2, 0.25) is 0 Å². The highest BCUT2D eigenvalue weighted by molar-refractivity contribution is 5.95. The molecule has 1 amide bonds. The summed E-state index contributed by atoms with van der Waals surface area (Å²) in [5.74, 6) is -6.08. The van der Waals surface area contributed by atoms with Crippen LogP contribution in [0.15, 0.2) is 48.7 Å². The van der Waals surface area contributed by atoms with Crippen LogP contribution in [0, 0.1) is 17.5 Å². The molecule has 0 aliphatic carbocycles. The average molecular weight is 549 g/mol. The number of aryl methyl sites for hydroxylation is 1. The topological polar surface area (TPSA) is 154 Å². The molecule has 1 saturated heterocycles. The van der Waals surface area contributed by atoms with E-state index in [4.69, 9.17) is 15.3 Å². The van der Waals surface area contributed by atoms with E-state index in [1.165, 1.54) is 18.2 Å². The fraction of sp³-hybridized carbons (Fsp3) is 0.308. The molecule has 0 unspecified atom stereocenters. The predicted octanol–water partition coefficient (Wildman–Crippen LogP) is 2.29. The number of hydrogen-bond acceptors (Lipinski definition) is 6. The van der Waals surface area contributed by atoms with E-state index in [1.54, 1.807) is 30.1 Å². The molecule has 2 aromatic carbocycles. The van der Waals surface area contributed by atoms with Gasteiger partial charge in [0.15, 0.2) is 17.7 Å². The molecule has 1 fully saturated rings. The van der Waals surface area contributed by atoms with Crippen LogP contribution >= 0.6 is 0 Å². The summed E-state index contributed by atoms with van der Waals surface area (Å²) in [5, 5.41) is 34.2. The highest BCUT2D eigenvalue weighted by Gasteiger charge is 2.29. The lowest BCUT2D eigenvalue weighted by Crippen LogP contribution is -2.50. The smallest absolute Gasteiger partial charge is 0.333 e. The summed E-state index contributed by atoms with van der Waals surface area (Å²) < 4.78 is 43.3. The number of aromatic nitrogens is 2. The van der Waals surface area contributed by atoms with E-state index in [1.807, 2.05) is 0 Å². The normalized spacial score (nSPS) is 17.5. The number of aliphatic carboxylic acids is 2. The third kappa shape index (κ3) is 7.65. The Morgan fingerprint density at radius 1 is 1.08 bits per heavy atom. The monoisotopic (exact) mass is 548 g/mol. The number of aliphatic hydroxyl groups excluding tert-OH is 1. The Labute approximate surface area is 221 Å². The fourth-order valence-electron chi connectivity index (χ4n) is 4.17. The standard InChI is InChI=1S/C22H21F3N4O.C4H6O5/c1-29-21(7-9-27-29)14-2-4-16(18(24)11-14)22(30)28-20-12-26-8-6-15(20)13-3-5-17(23)19(25)10-13;5-2(4(8)9)1-3(6)7/h2-5,7,9-11,15,20,26H,6,8,12H2,1H3,(H,28,30);2,5H,1H2,(H,6,7)(H,8,9)/t15-,20+;2-/m01/s1. The van der Waals surface area contributed by atoms with Gasteiger partial charge in [-0.05, 0) is 48.9 Å². The first kappa shape index (κ1) is 29.3. The Balaban J connectivity index is 0.000000403. The maximum Gasteiger partial charge on any atom is 0.333 e. The van der Waals surface area contributed by atoms with Gasteiger partial charge in [-0.15, -0.1) is 0 Å². The number of halogens is 3. The second-order valence-electron chi connectivity index (χ2n) is 8.84. The molecule has 0 bridgehead atoms. The Morgan fingerprint density at radius 2 is 1.82 bits per heavy atom. The predicted molar refractivity (Wildman–Crippen MR) is 132 cm³/mol. The number of carbonyl (C=O) groups is 3. The molecule has 1 aromatic heterocycles. The molecule has 3 atom stereocenters. The van der Waals surface area contributed by atoms with Gasteiger partial charge in [0.25, 0.3) is 5.91 Å². The lowest BCUT2D eigenvalue weighted by Gasteiger charge is -2.33. The zero-order valence-electron chi connectivity index (χ0n) is 20.8. The fourth-order valence-corrected chi connectivity index (χ4v) is 4.17. The minimum atomic E-state index is -1.79. The van der Waals surface area contributed by atoms with Gasteiger partial charge in [0.1, 0.15) is 5.82 Å². The Bertz CT molecular complexity index is 1350. The van der Waals surface area contributed by atoms with Crippen LogP contribution in [-0.2, 0) is 16.6 Å². The van der Waals surface area contributed by atoms with E-state index in [2.05, 4.69) is 15.7 Å². The van der Waals surface area contributed by atoms with E-state index < -0.39 is 47.8 Å². The number of nitrogens with one attached hydrogen (secondary N) is 2. The number of benzene rings is 2. The molecule has 13 heteroatoms. The van der Waals surface area contributed by atoms with E-state index >= 15 is 0 Å². The van der Waals surface area contributed by atoms with E-state index in [0.29, 0.717) is 30.6 Å². The van der Waals surface area contributed by atoms with Gasteiger partial charge in [-0.3, -0.25) is 14.3 Å². The molecule has 0 radical (unpaired) electrons. The molecule has 4 rings (SSSR count). The van der Waals surface area contributed by atoms with Crippen molar-refractivity contribution >= 4 is 17.8 Å². The van der Waals surface area contributed by atoms with Gasteiger partial charge in [-0.25, -0.2) is 18.0 Å². The van der Waals surface area contributed by atoms with Crippen LogP contribution < -0.4 is 10.6 Å². The SMILES string of the molecule is Cn1nccc1-c1ccc(C(=O)N[C@@H]2CNCC[C@H]2c2ccc(F)c(F)c2)c(F)c1.O=C(O)C[C@@H](O)C(=O)O. The lowest BCUT2D eigenvalue weighted by molar-refractivity contribution is -0.152. The second-order valence-corrected chi connectivity index (χ2v) is 8.84. The summed E-state index contributed by atoms with van der Waals surface area (Å²) in [5.41, 5.74) is 1.88. The van der Waals surface area contributed by atoms with Gasteiger partial charge in [-0.1, -0.05) is 12.1 Å². The van der Waals surface area contributed by atoms with Gasteiger partial charge in [0, 0.05) is 37.3 Å². The number of aliphatic hydroxyl groups is 1. The van der Waals surface area contributed by atoms with Gasteiger partial charge in [0.05, 0.1) is 17.7 Å². The number of piperidine rings is 1. The van der Waals surface area contributed by atoms with Crippen molar-refractivity contribution in [2.45, 2.75) is 30.9 Å². The molecule has 0 spiro atoms. The number of amides is 1. The summed E-state index contributed by atoms with van der Waals surface area (Å²) in [6, 6.07) is 9.56.